The van der Waals surface area contributed by atoms with E-state index in [4.69, 9.17) is 10.8 Å². The van der Waals surface area contributed by atoms with Crippen molar-refractivity contribution in [3.8, 4) is 0 Å². The summed E-state index contributed by atoms with van der Waals surface area (Å²) in [4.78, 5) is 10.7. The number of aliphatic hydroxyl groups excluding tert-OH is 2. The van der Waals surface area contributed by atoms with E-state index in [1.54, 1.807) is 6.92 Å². The molecule has 0 radical (unpaired) electrons. The van der Waals surface area contributed by atoms with Gasteiger partial charge < -0.3 is 21.1 Å². The van der Waals surface area contributed by atoms with Crippen LogP contribution in [-0.2, 0) is 4.79 Å². The Morgan fingerprint density at radius 2 is 1.94 bits per heavy atom. The van der Waals surface area contributed by atoms with E-state index in [-0.39, 0.29) is 24.2 Å². The highest BCUT2D eigenvalue weighted by atomic mass is 16.4. The van der Waals surface area contributed by atoms with Crippen LogP contribution in [0.5, 0.6) is 0 Å². The lowest BCUT2D eigenvalue weighted by Gasteiger charge is -2.40. The normalized spacial score (nSPS) is 41.7. The first-order valence-electron chi connectivity index (χ1n) is 5.69. The van der Waals surface area contributed by atoms with E-state index in [1.807, 2.05) is 6.92 Å². The third-order valence-corrected chi connectivity index (χ3v) is 3.69. The number of carbonyl (C=O) groups is 1. The standard InChI is InChI=1S/C11H21NO4/c1-5-3-7(4-8(12)11(15)16)10(14)6(2)9(5)13/h5-10,13-14H,3-4,12H2,1-2H3,(H,15,16). The zero-order valence-electron chi connectivity index (χ0n) is 9.71. The summed E-state index contributed by atoms with van der Waals surface area (Å²) in [5.41, 5.74) is 5.46. The van der Waals surface area contributed by atoms with Crippen LogP contribution >= 0.6 is 0 Å². The first-order chi connectivity index (χ1) is 7.34. The van der Waals surface area contributed by atoms with Crippen LogP contribution in [0, 0.1) is 17.8 Å². The molecule has 5 N–H and O–H groups in total. The summed E-state index contributed by atoms with van der Waals surface area (Å²) in [5, 5.41) is 28.4. The Balaban J connectivity index is 2.63. The Morgan fingerprint density at radius 3 is 2.44 bits per heavy atom. The van der Waals surface area contributed by atoms with Gasteiger partial charge in [-0.05, 0) is 24.7 Å². The molecule has 0 aromatic rings. The monoisotopic (exact) mass is 231 g/mol. The van der Waals surface area contributed by atoms with Gasteiger partial charge in [0.2, 0.25) is 0 Å². The average molecular weight is 231 g/mol. The summed E-state index contributed by atoms with van der Waals surface area (Å²) in [7, 11) is 0. The summed E-state index contributed by atoms with van der Waals surface area (Å²) in [6.07, 6.45) is -0.310. The van der Waals surface area contributed by atoms with Crippen LogP contribution in [0.25, 0.3) is 0 Å². The third-order valence-electron chi connectivity index (χ3n) is 3.69. The largest absolute Gasteiger partial charge is 0.480 e. The highest BCUT2D eigenvalue weighted by molar-refractivity contribution is 5.73. The molecule has 0 amide bonds. The summed E-state index contributed by atoms with van der Waals surface area (Å²) >= 11 is 0. The maximum absolute atomic E-state index is 10.7. The minimum atomic E-state index is -1.04. The van der Waals surface area contributed by atoms with Crippen molar-refractivity contribution in [3.05, 3.63) is 0 Å². The highest BCUT2D eigenvalue weighted by Gasteiger charge is 2.39. The van der Waals surface area contributed by atoms with Crippen LogP contribution < -0.4 is 5.73 Å². The van der Waals surface area contributed by atoms with Crippen molar-refractivity contribution < 1.29 is 20.1 Å². The van der Waals surface area contributed by atoms with E-state index in [9.17, 15) is 15.0 Å². The summed E-state index contributed by atoms with van der Waals surface area (Å²) < 4.78 is 0. The minimum absolute atomic E-state index is 0.0735. The van der Waals surface area contributed by atoms with Crippen molar-refractivity contribution >= 4 is 5.97 Å². The summed E-state index contributed by atoms with van der Waals surface area (Å²) in [6, 6.07) is -0.936. The zero-order chi connectivity index (χ0) is 12.5. The molecule has 6 atom stereocenters. The van der Waals surface area contributed by atoms with Gasteiger partial charge in [-0.3, -0.25) is 4.79 Å². The van der Waals surface area contributed by atoms with Crippen molar-refractivity contribution in [1.82, 2.24) is 0 Å². The van der Waals surface area contributed by atoms with Crippen molar-refractivity contribution in [2.45, 2.75) is 44.9 Å². The van der Waals surface area contributed by atoms with Crippen LogP contribution in [0.3, 0.4) is 0 Å². The molecule has 1 saturated carbocycles. The molecule has 0 spiro atoms. The van der Waals surface area contributed by atoms with E-state index < -0.39 is 24.2 Å². The summed E-state index contributed by atoms with van der Waals surface area (Å²) in [6.45, 7) is 3.69. The molecule has 0 heterocycles. The van der Waals surface area contributed by atoms with E-state index in [2.05, 4.69) is 0 Å². The maximum Gasteiger partial charge on any atom is 0.320 e. The molecule has 1 aliphatic rings. The molecule has 1 fully saturated rings. The molecule has 1 aliphatic carbocycles. The van der Waals surface area contributed by atoms with Crippen LogP contribution in [0.4, 0.5) is 0 Å². The number of aliphatic hydroxyl groups is 2. The highest BCUT2D eigenvalue weighted by Crippen LogP contribution is 2.35. The number of carboxylic acids is 1. The van der Waals surface area contributed by atoms with Gasteiger partial charge in [0.05, 0.1) is 12.2 Å². The molecule has 6 unspecified atom stereocenters. The molecule has 1 rings (SSSR count). The van der Waals surface area contributed by atoms with Crippen LogP contribution in [0.15, 0.2) is 0 Å². The van der Waals surface area contributed by atoms with Crippen molar-refractivity contribution in [3.63, 3.8) is 0 Å². The Bertz CT molecular complexity index is 258. The van der Waals surface area contributed by atoms with Gasteiger partial charge in [-0.1, -0.05) is 13.8 Å². The quantitative estimate of drug-likeness (QED) is 0.538. The lowest BCUT2D eigenvalue weighted by molar-refractivity contribution is -0.140. The molecule has 0 bridgehead atoms. The second-order valence-electron chi connectivity index (χ2n) is 4.99. The fraction of sp³-hybridized carbons (Fsp3) is 0.909. The fourth-order valence-corrected chi connectivity index (χ4v) is 2.57. The fourth-order valence-electron chi connectivity index (χ4n) is 2.57. The summed E-state index contributed by atoms with van der Waals surface area (Å²) in [5.74, 6) is -1.34. The second kappa shape index (κ2) is 5.12. The van der Waals surface area contributed by atoms with Gasteiger partial charge in [-0.25, -0.2) is 0 Å². The second-order valence-corrected chi connectivity index (χ2v) is 4.99. The van der Waals surface area contributed by atoms with Gasteiger partial charge in [-0.15, -0.1) is 0 Å². The van der Waals surface area contributed by atoms with Crippen molar-refractivity contribution in [2.24, 2.45) is 23.5 Å². The molecule has 5 nitrogen and oxygen atoms in total. The molecule has 94 valence electrons. The van der Waals surface area contributed by atoms with Gasteiger partial charge in [0.1, 0.15) is 6.04 Å². The van der Waals surface area contributed by atoms with Crippen molar-refractivity contribution in [2.75, 3.05) is 0 Å². The average Bonchev–Trinajstić information content (AvgIpc) is 2.22. The number of hydrogen-bond acceptors (Lipinski definition) is 4. The van der Waals surface area contributed by atoms with E-state index in [0.29, 0.717) is 6.42 Å². The molecule has 0 aromatic heterocycles. The zero-order valence-corrected chi connectivity index (χ0v) is 9.71. The topological polar surface area (TPSA) is 104 Å². The SMILES string of the molecule is CC1CC(CC(N)C(=O)O)C(O)C(C)C1O. The van der Waals surface area contributed by atoms with Gasteiger partial charge in [0, 0.05) is 5.92 Å². The first-order valence-corrected chi connectivity index (χ1v) is 5.69. The Hall–Kier alpha value is -0.650. The van der Waals surface area contributed by atoms with E-state index in [0.717, 1.165) is 0 Å². The van der Waals surface area contributed by atoms with Crippen molar-refractivity contribution in [1.29, 1.82) is 0 Å². The Labute approximate surface area is 95.3 Å². The van der Waals surface area contributed by atoms with Crippen LogP contribution in [0.1, 0.15) is 26.7 Å². The predicted molar refractivity (Wildman–Crippen MR) is 58.7 cm³/mol. The molecule has 5 heteroatoms. The Kier molecular flexibility index (Phi) is 4.29. The minimum Gasteiger partial charge on any atom is -0.480 e. The Morgan fingerprint density at radius 1 is 1.38 bits per heavy atom. The maximum atomic E-state index is 10.7. The lowest BCUT2D eigenvalue weighted by Crippen LogP contribution is -2.47. The number of carboxylic acid groups (broad SMARTS) is 1. The van der Waals surface area contributed by atoms with Gasteiger partial charge >= 0.3 is 5.97 Å². The number of aliphatic carboxylic acids is 1. The number of rotatable bonds is 3. The van der Waals surface area contributed by atoms with Gasteiger partial charge in [0.25, 0.3) is 0 Å². The number of nitrogens with two attached hydrogens (primary N) is 1. The smallest absolute Gasteiger partial charge is 0.320 e. The third kappa shape index (κ3) is 2.72. The van der Waals surface area contributed by atoms with Crippen LogP contribution in [0.2, 0.25) is 0 Å². The molecule has 0 saturated heterocycles. The molecular weight excluding hydrogens is 210 g/mol. The van der Waals surface area contributed by atoms with Gasteiger partial charge in [0.15, 0.2) is 0 Å². The molecule has 0 aromatic carbocycles. The van der Waals surface area contributed by atoms with E-state index >= 15 is 0 Å². The van der Waals surface area contributed by atoms with Gasteiger partial charge in [-0.2, -0.15) is 0 Å². The number of hydrogen-bond donors (Lipinski definition) is 4. The predicted octanol–water partition coefficient (Wildman–Crippen LogP) is -0.198. The molecule has 0 aliphatic heterocycles. The van der Waals surface area contributed by atoms with Crippen LogP contribution in [-0.4, -0.2) is 39.5 Å². The van der Waals surface area contributed by atoms with E-state index in [1.165, 1.54) is 0 Å². The molecule has 16 heavy (non-hydrogen) atoms. The first kappa shape index (κ1) is 13.4. The lowest BCUT2D eigenvalue weighted by atomic mass is 9.70. The molecular formula is C11H21NO4.